The fraction of sp³-hybridized carbons (Fsp3) is 0.532. The molecule has 0 atom stereocenters. The first-order valence-electron chi connectivity index (χ1n) is 27.2. The van der Waals surface area contributed by atoms with Crippen LogP contribution in [0.15, 0.2) is 78.9 Å². The number of unbranched alkanes of at least 4 members (excludes halogenated alkanes) is 24. The molecule has 4 N–H and O–H groups in total. The molecule has 0 bridgehead atoms. The van der Waals surface area contributed by atoms with Crippen molar-refractivity contribution in [1.82, 2.24) is 0 Å². The highest BCUT2D eigenvalue weighted by Crippen LogP contribution is 2.44. The summed E-state index contributed by atoms with van der Waals surface area (Å²) in [5, 5.41) is 44.0. The van der Waals surface area contributed by atoms with Gasteiger partial charge in [-0.2, -0.15) is 0 Å². The van der Waals surface area contributed by atoms with Crippen LogP contribution in [0.25, 0.3) is 11.1 Å². The Kier molecular flexibility index (Phi) is 26.7. The average Bonchev–Trinajstić information content (AvgIpc) is 3.35. The summed E-state index contributed by atoms with van der Waals surface area (Å²) in [6.45, 7) is 6.65. The van der Waals surface area contributed by atoms with E-state index in [2.05, 4.69) is 20.8 Å². The number of phenolic OH excluding ortho intramolecular Hbond substituents is 4. The van der Waals surface area contributed by atoms with Gasteiger partial charge in [-0.3, -0.25) is 14.4 Å². The molecule has 0 saturated carbocycles. The molecule has 4 aromatic rings. The van der Waals surface area contributed by atoms with Crippen molar-refractivity contribution in [3.63, 3.8) is 0 Å². The number of phenols is 4. The smallest absolute Gasteiger partial charge is 0.167 e. The lowest BCUT2D eigenvalue weighted by molar-refractivity contribution is 0.0940. The van der Waals surface area contributed by atoms with Gasteiger partial charge >= 0.3 is 0 Å². The summed E-state index contributed by atoms with van der Waals surface area (Å²) < 4.78 is 0. The van der Waals surface area contributed by atoms with E-state index >= 15 is 4.79 Å². The van der Waals surface area contributed by atoms with Gasteiger partial charge < -0.3 is 20.4 Å². The van der Waals surface area contributed by atoms with Gasteiger partial charge in [0.1, 0.15) is 23.0 Å². The number of hydrogen-bond donors (Lipinski definition) is 4. The highest BCUT2D eigenvalue weighted by atomic mass is 16.3. The summed E-state index contributed by atoms with van der Waals surface area (Å²) in [5.41, 5.74) is 3.43. The van der Waals surface area contributed by atoms with Crippen molar-refractivity contribution >= 4 is 28.5 Å². The lowest BCUT2D eigenvalue weighted by Crippen LogP contribution is -2.17. The molecule has 4 rings (SSSR count). The summed E-state index contributed by atoms with van der Waals surface area (Å²) in [7, 11) is 0. The minimum absolute atomic E-state index is 0.0201. The second-order valence-corrected chi connectivity index (χ2v) is 19.5. The molecular weight excluding hydrogens is 857 g/mol. The zero-order valence-electron chi connectivity index (χ0n) is 42.7. The molecule has 0 aliphatic carbocycles. The van der Waals surface area contributed by atoms with Crippen LogP contribution < -0.4 is 0 Å². The number of carbonyl (C=O) groups excluding carboxylic acids is 3. The van der Waals surface area contributed by atoms with Crippen LogP contribution in [-0.2, 0) is 0 Å². The van der Waals surface area contributed by atoms with Gasteiger partial charge in [0.15, 0.2) is 17.3 Å². The summed E-state index contributed by atoms with van der Waals surface area (Å²) in [4.78, 5) is 44.7. The predicted octanol–water partition coefficient (Wildman–Crippen LogP) is 17.8. The predicted molar refractivity (Wildman–Crippen MR) is 286 cm³/mol. The van der Waals surface area contributed by atoms with E-state index in [4.69, 9.17) is 0 Å². The van der Waals surface area contributed by atoms with E-state index in [0.29, 0.717) is 52.7 Å². The van der Waals surface area contributed by atoms with Crippen LogP contribution >= 0.6 is 0 Å². The van der Waals surface area contributed by atoms with Gasteiger partial charge in [-0.1, -0.05) is 211 Å². The minimum atomic E-state index is -0.420. The summed E-state index contributed by atoms with van der Waals surface area (Å²) >= 11 is 0. The first kappa shape index (κ1) is 56.4. The van der Waals surface area contributed by atoms with Crippen LogP contribution in [-0.4, -0.2) is 37.8 Å². The third-order valence-corrected chi connectivity index (χ3v) is 13.7. The van der Waals surface area contributed by atoms with Crippen molar-refractivity contribution in [2.75, 3.05) is 0 Å². The number of rotatable bonds is 37. The number of hydrogen-bond acceptors (Lipinski definition) is 7. The quantitative estimate of drug-likeness (QED) is 0.0201. The van der Waals surface area contributed by atoms with E-state index in [1.165, 1.54) is 83.5 Å². The van der Waals surface area contributed by atoms with Gasteiger partial charge in [-0.15, -0.1) is 0 Å². The van der Waals surface area contributed by atoms with Crippen molar-refractivity contribution in [3.8, 4) is 23.0 Å². The van der Waals surface area contributed by atoms with E-state index in [-0.39, 0.29) is 70.6 Å². The fourth-order valence-corrected chi connectivity index (χ4v) is 9.59. The zero-order chi connectivity index (χ0) is 49.6. The molecule has 0 aromatic heterocycles. The molecule has 4 aromatic carbocycles. The fourth-order valence-electron chi connectivity index (χ4n) is 9.59. The maximum atomic E-state index is 15.2. The Bertz CT molecular complexity index is 2100. The Morgan fingerprint density at radius 2 is 0.594 bits per heavy atom. The van der Waals surface area contributed by atoms with Gasteiger partial charge in [0.2, 0.25) is 0 Å². The number of benzene rings is 4. The molecule has 0 unspecified atom stereocenters. The van der Waals surface area contributed by atoms with Crippen LogP contribution in [0, 0.1) is 0 Å². The largest absolute Gasteiger partial charge is 0.508 e. The van der Waals surface area contributed by atoms with E-state index in [1.807, 2.05) is 0 Å². The first-order chi connectivity index (χ1) is 33.6. The molecule has 69 heavy (non-hydrogen) atoms. The van der Waals surface area contributed by atoms with Crippen LogP contribution in [0.3, 0.4) is 0 Å². The molecule has 0 saturated heterocycles. The van der Waals surface area contributed by atoms with E-state index in [1.54, 1.807) is 78.9 Å². The van der Waals surface area contributed by atoms with Crippen LogP contribution in [0.1, 0.15) is 267 Å². The summed E-state index contributed by atoms with van der Waals surface area (Å²) in [6, 6.07) is 21.7. The summed E-state index contributed by atoms with van der Waals surface area (Å²) in [5.74, 6) is -1.18. The van der Waals surface area contributed by atoms with Gasteiger partial charge in [-0.25, -0.2) is 0 Å². The third-order valence-electron chi connectivity index (χ3n) is 13.7. The Labute approximate surface area is 415 Å². The van der Waals surface area contributed by atoms with Crippen LogP contribution in [0.2, 0.25) is 0 Å². The van der Waals surface area contributed by atoms with Gasteiger partial charge in [0.05, 0.1) is 11.1 Å². The van der Waals surface area contributed by atoms with Gasteiger partial charge in [-0.05, 0) is 95.1 Å². The van der Waals surface area contributed by atoms with E-state index < -0.39 is 5.75 Å². The van der Waals surface area contributed by atoms with E-state index in [0.717, 1.165) is 70.6 Å². The second-order valence-electron chi connectivity index (χ2n) is 19.5. The lowest BCUT2D eigenvalue weighted by atomic mass is 9.79. The highest BCUT2D eigenvalue weighted by Gasteiger charge is 2.32. The first-order valence-corrected chi connectivity index (χ1v) is 27.2. The molecule has 0 heterocycles. The molecule has 0 aliphatic heterocycles. The molecule has 0 spiro atoms. The Balaban J connectivity index is 1.91. The Morgan fingerprint density at radius 3 is 0.928 bits per heavy atom. The van der Waals surface area contributed by atoms with Gasteiger partial charge in [0.25, 0.3) is 0 Å². The average molecular weight is 943 g/mol. The Hall–Kier alpha value is -5.17. The Morgan fingerprint density at radius 1 is 0.319 bits per heavy atom. The highest BCUT2D eigenvalue weighted by molar-refractivity contribution is 6.19. The molecule has 7 nitrogen and oxygen atoms in total. The summed E-state index contributed by atoms with van der Waals surface area (Å²) in [6.07, 6.45) is 29.4. The molecule has 0 amide bonds. The molecular formula is C62H86O7. The molecule has 376 valence electrons. The molecule has 0 radical (unpaired) electrons. The van der Waals surface area contributed by atoms with Crippen molar-refractivity contribution in [1.29, 1.82) is 0 Å². The maximum Gasteiger partial charge on any atom is 0.167 e. The van der Waals surface area contributed by atoms with Crippen molar-refractivity contribution in [3.05, 3.63) is 118 Å². The monoisotopic (exact) mass is 943 g/mol. The number of Topliss-reactive ketones (excluding diaryl/α,β-unsaturated/α-hetero) is 3. The molecule has 7 heteroatoms. The number of ketones is 3. The van der Waals surface area contributed by atoms with Gasteiger partial charge in [0, 0.05) is 24.8 Å². The lowest BCUT2D eigenvalue weighted by Gasteiger charge is -2.24. The van der Waals surface area contributed by atoms with E-state index in [9.17, 15) is 30.0 Å². The topological polar surface area (TPSA) is 132 Å². The number of carbonyl (C=O) groups is 3. The van der Waals surface area contributed by atoms with Crippen LogP contribution in [0.5, 0.6) is 23.0 Å². The number of aromatic hydroxyl groups is 4. The molecule has 0 fully saturated rings. The van der Waals surface area contributed by atoms with Crippen molar-refractivity contribution in [2.45, 2.75) is 213 Å². The third kappa shape index (κ3) is 19.3. The standard InChI is InChI=1S/C62H86O7/c1-4-7-10-13-16-19-22-25-28-31-55(66)53-46-54(59(49-38-44-52(65)45-39-49)58(47-34-40-50(63)41-35-47)48-36-42-51(64)43-37-48)60(56(67)32-29-26-23-20-17-14-11-8-5-2)61(62(53)69)57(68)33-30-27-24-21-18-15-12-9-6-3/h34-46,63-65,69H,4-33H2,1-3H3. The SMILES string of the molecule is CCCCCCCCCCCC(=O)c1cc(C(=C(c2ccc(O)cc2)c2ccc(O)cc2)c2ccc(O)cc2)c(C(=O)CCCCCCCCCCC)c(C(=O)CCCCCCCCCCC)c1O. The van der Waals surface area contributed by atoms with Crippen molar-refractivity contribution in [2.24, 2.45) is 0 Å². The second kappa shape index (κ2) is 32.6. The normalized spacial score (nSPS) is 11.2. The maximum absolute atomic E-state index is 15.2. The van der Waals surface area contributed by atoms with Crippen LogP contribution in [0.4, 0.5) is 0 Å². The minimum Gasteiger partial charge on any atom is -0.508 e. The molecule has 0 aliphatic rings. The zero-order valence-corrected chi connectivity index (χ0v) is 42.7. The van der Waals surface area contributed by atoms with Crippen molar-refractivity contribution < 1.29 is 34.8 Å².